The van der Waals surface area contributed by atoms with Crippen molar-refractivity contribution in [3.05, 3.63) is 11.6 Å². The minimum absolute atomic E-state index is 0.450. The monoisotopic (exact) mass is 245 g/mol. The summed E-state index contributed by atoms with van der Waals surface area (Å²) in [4.78, 5) is 14.4. The van der Waals surface area contributed by atoms with E-state index in [4.69, 9.17) is 10.5 Å². The van der Waals surface area contributed by atoms with Crippen molar-refractivity contribution in [2.75, 3.05) is 12.3 Å². The van der Waals surface area contributed by atoms with Crippen molar-refractivity contribution in [2.45, 2.75) is 10.8 Å². The molecule has 3 N–H and O–H groups in total. The van der Waals surface area contributed by atoms with Crippen molar-refractivity contribution in [1.29, 1.82) is 5.41 Å². The van der Waals surface area contributed by atoms with Gasteiger partial charge in [0.25, 0.3) is 0 Å². The fourth-order valence-electron chi connectivity index (χ4n) is 0.802. The molecule has 0 saturated carbocycles. The van der Waals surface area contributed by atoms with Crippen LogP contribution in [0, 0.1) is 5.41 Å². The highest BCUT2D eigenvalue weighted by molar-refractivity contribution is 8.00. The molecule has 7 heteroatoms. The van der Waals surface area contributed by atoms with Gasteiger partial charge in [-0.15, -0.1) is 11.3 Å². The molecule has 15 heavy (non-hydrogen) atoms. The SMILES string of the molecule is N=C(NCCCSc1nccs1)C(=O)O. The Labute approximate surface area is 95.4 Å². The molecule has 0 aliphatic rings. The number of nitrogens with zero attached hydrogens (tertiary/aromatic N) is 1. The molecule has 5 nitrogen and oxygen atoms in total. The smallest absolute Gasteiger partial charge is 0.370 e. The summed E-state index contributed by atoms with van der Waals surface area (Å²) in [6.45, 7) is 0.503. The first-order valence-corrected chi connectivity index (χ1v) is 6.14. The standard InChI is InChI=1S/C8H11N3O2S2/c9-6(7(12)13)10-2-1-4-14-8-11-3-5-15-8/h3,5H,1-2,4H2,(H2,9,10)(H,12,13). The Morgan fingerprint density at radius 3 is 3.13 bits per heavy atom. The van der Waals surface area contributed by atoms with Crippen LogP contribution in [0.2, 0.25) is 0 Å². The van der Waals surface area contributed by atoms with E-state index < -0.39 is 11.8 Å². The molecule has 1 aromatic rings. The Morgan fingerprint density at radius 2 is 2.53 bits per heavy atom. The van der Waals surface area contributed by atoms with E-state index in [1.807, 2.05) is 5.38 Å². The minimum atomic E-state index is -1.22. The molecular formula is C8H11N3O2S2. The van der Waals surface area contributed by atoms with Gasteiger partial charge in [0, 0.05) is 23.9 Å². The highest BCUT2D eigenvalue weighted by atomic mass is 32.2. The van der Waals surface area contributed by atoms with Crippen molar-refractivity contribution in [1.82, 2.24) is 10.3 Å². The predicted octanol–water partition coefficient (Wildman–Crippen LogP) is 1.28. The number of thioether (sulfide) groups is 1. The molecule has 82 valence electrons. The molecule has 0 atom stereocenters. The Balaban J connectivity index is 2.03. The number of amidine groups is 1. The van der Waals surface area contributed by atoms with E-state index in [1.54, 1.807) is 29.3 Å². The molecule has 0 amide bonds. The van der Waals surface area contributed by atoms with Crippen LogP contribution < -0.4 is 5.32 Å². The average molecular weight is 245 g/mol. The van der Waals surface area contributed by atoms with Gasteiger partial charge in [0.2, 0.25) is 5.84 Å². The number of carboxylic acids is 1. The number of hydrogen-bond acceptors (Lipinski definition) is 5. The third kappa shape index (κ3) is 4.80. The number of hydrogen-bond donors (Lipinski definition) is 3. The minimum Gasteiger partial charge on any atom is -0.475 e. The number of carboxylic acid groups (broad SMARTS) is 1. The molecule has 0 aliphatic heterocycles. The first-order chi connectivity index (χ1) is 7.20. The third-order valence-corrected chi connectivity index (χ3v) is 3.52. The average Bonchev–Trinajstić information content (AvgIpc) is 2.69. The molecule has 0 bridgehead atoms. The van der Waals surface area contributed by atoms with Gasteiger partial charge >= 0.3 is 5.97 Å². The van der Waals surface area contributed by atoms with Crippen molar-refractivity contribution >= 4 is 34.9 Å². The topological polar surface area (TPSA) is 86.1 Å². The summed E-state index contributed by atoms with van der Waals surface area (Å²) in [5, 5.41) is 19.8. The first kappa shape index (κ1) is 12.0. The molecular weight excluding hydrogens is 234 g/mol. The lowest BCUT2D eigenvalue weighted by Gasteiger charge is -2.02. The number of rotatable bonds is 5. The van der Waals surface area contributed by atoms with Crippen LogP contribution in [0.5, 0.6) is 0 Å². The largest absolute Gasteiger partial charge is 0.475 e. The summed E-state index contributed by atoms with van der Waals surface area (Å²) in [6, 6.07) is 0. The lowest BCUT2D eigenvalue weighted by Crippen LogP contribution is -2.30. The van der Waals surface area contributed by atoms with Crippen molar-refractivity contribution in [3.8, 4) is 0 Å². The summed E-state index contributed by atoms with van der Waals surface area (Å²) < 4.78 is 1.02. The van der Waals surface area contributed by atoms with E-state index in [0.29, 0.717) is 6.54 Å². The van der Waals surface area contributed by atoms with Crippen LogP contribution in [0.3, 0.4) is 0 Å². The van der Waals surface area contributed by atoms with E-state index >= 15 is 0 Å². The van der Waals surface area contributed by atoms with E-state index in [1.165, 1.54) is 0 Å². The molecule has 0 radical (unpaired) electrons. The Kier molecular flexibility index (Phi) is 5.13. The fraction of sp³-hybridized carbons (Fsp3) is 0.375. The van der Waals surface area contributed by atoms with Crippen LogP contribution in [0.4, 0.5) is 0 Å². The molecule has 0 spiro atoms. The number of aromatic nitrogens is 1. The third-order valence-electron chi connectivity index (χ3n) is 1.47. The lowest BCUT2D eigenvalue weighted by atomic mass is 10.4. The first-order valence-electron chi connectivity index (χ1n) is 4.28. The Bertz CT molecular complexity index is 327. The zero-order valence-electron chi connectivity index (χ0n) is 7.90. The zero-order valence-corrected chi connectivity index (χ0v) is 9.53. The summed E-state index contributed by atoms with van der Waals surface area (Å²) in [7, 11) is 0. The van der Waals surface area contributed by atoms with Gasteiger partial charge in [-0.05, 0) is 6.42 Å². The Hall–Kier alpha value is -1.08. The second kappa shape index (κ2) is 6.41. The highest BCUT2D eigenvalue weighted by Gasteiger charge is 2.04. The number of nitrogens with one attached hydrogen (secondary N) is 2. The molecule has 0 unspecified atom stereocenters. The second-order valence-corrected chi connectivity index (χ2v) is 4.84. The predicted molar refractivity (Wildman–Crippen MR) is 60.8 cm³/mol. The van der Waals surface area contributed by atoms with Gasteiger partial charge in [0.15, 0.2) is 0 Å². The van der Waals surface area contributed by atoms with Crippen LogP contribution in [-0.2, 0) is 4.79 Å². The molecule has 1 heterocycles. The van der Waals surface area contributed by atoms with Crippen LogP contribution in [0.1, 0.15) is 6.42 Å². The molecule has 0 aromatic carbocycles. The number of thiazole rings is 1. The lowest BCUT2D eigenvalue weighted by molar-refractivity contribution is -0.129. The molecule has 0 aliphatic carbocycles. The van der Waals surface area contributed by atoms with Crippen molar-refractivity contribution in [2.24, 2.45) is 0 Å². The quantitative estimate of drug-likeness (QED) is 0.315. The van der Waals surface area contributed by atoms with Gasteiger partial charge in [0.05, 0.1) is 0 Å². The maximum Gasteiger partial charge on any atom is 0.370 e. The number of aliphatic carboxylic acids is 1. The molecule has 1 aromatic heterocycles. The Morgan fingerprint density at radius 1 is 1.73 bits per heavy atom. The summed E-state index contributed by atoms with van der Waals surface area (Å²) in [6.07, 6.45) is 2.56. The van der Waals surface area contributed by atoms with Crippen LogP contribution in [0.25, 0.3) is 0 Å². The van der Waals surface area contributed by atoms with Gasteiger partial charge in [0.1, 0.15) is 4.34 Å². The van der Waals surface area contributed by atoms with E-state index in [-0.39, 0.29) is 0 Å². The van der Waals surface area contributed by atoms with Crippen LogP contribution in [-0.4, -0.2) is 34.2 Å². The van der Waals surface area contributed by atoms with Crippen molar-refractivity contribution in [3.63, 3.8) is 0 Å². The molecule has 0 fully saturated rings. The van der Waals surface area contributed by atoms with Gasteiger partial charge < -0.3 is 10.4 Å². The summed E-state index contributed by atoms with van der Waals surface area (Å²) in [5.41, 5.74) is 0. The zero-order chi connectivity index (χ0) is 11.1. The van der Waals surface area contributed by atoms with Gasteiger partial charge in [-0.1, -0.05) is 11.8 Å². The summed E-state index contributed by atoms with van der Waals surface area (Å²) in [5.74, 6) is -0.801. The van der Waals surface area contributed by atoms with Gasteiger partial charge in [-0.3, -0.25) is 5.41 Å². The van der Waals surface area contributed by atoms with Crippen LogP contribution >= 0.6 is 23.1 Å². The van der Waals surface area contributed by atoms with E-state index in [0.717, 1.165) is 16.5 Å². The fourth-order valence-corrected chi connectivity index (χ4v) is 2.45. The second-order valence-electron chi connectivity index (χ2n) is 2.61. The van der Waals surface area contributed by atoms with Gasteiger partial charge in [-0.25, -0.2) is 9.78 Å². The van der Waals surface area contributed by atoms with E-state index in [9.17, 15) is 4.79 Å². The van der Waals surface area contributed by atoms with Crippen LogP contribution in [0.15, 0.2) is 15.9 Å². The number of carbonyl (C=O) groups is 1. The summed E-state index contributed by atoms with van der Waals surface area (Å²) >= 11 is 3.22. The normalized spacial score (nSPS) is 9.87. The maximum atomic E-state index is 10.2. The van der Waals surface area contributed by atoms with E-state index in [2.05, 4.69) is 10.3 Å². The highest BCUT2D eigenvalue weighted by Crippen LogP contribution is 2.20. The van der Waals surface area contributed by atoms with Gasteiger partial charge in [-0.2, -0.15) is 0 Å². The molecule has 1 rings (SSSR count). The van der Waals surface area contributed by atoms with Crippen molar-refractivity contribution < 1.29 is 9.90 Å². The molecule has 0 saturated heterocycles. The maximum absolute atomic E-state index is 10.2.